The second-order valence-electron chi connectivity index (χ2n) is 12.9. The zero-order valence-corrected chi connectivity index (χ0v) is 24.3. The molecule has 1 aliphatic carbocycles. The molecule has 0 bridgehead atoms. The Labute approximate surface area is 236 Å². The van der Waals surface area contributed by atoms with E-state index < -0.39 is 0 Å². The van der Waals surface area contributed by atoms with Crippen LogP contribution in [0, 0.1) is 17.8 Å². The molecule has 1 saturated heterocycles. The smallest absolute Gasteiger partial charge is 0.223 e. The van der Waals surface area contributed by atoms with Crippen molar-refractivity contribution in [3.8, 4) is 0 Å². The maximum absolute atomic E-state index is 13.9. The van der Waals surface area contributed by atoms with Crippen LogP contribution in [0.25, 0.3) is 6.08 Å². The molecule has 4 rings (SSSR count). The van der Waals surface area contributed by atoms with Gasteiger partial charge < -0.3 is 10.6 Å². The molecule has 0 unspecified atom stereocenters. The van der Waals surface area contributed by atoms with Crippen molar-refractivity contribution in [2.75, 3.05) is 6.54 Å². The van der Waals surface area contributed by atoms with Gasteiger partial charge in [0.15, 0.2) is 0 Å². The molecule has 3 atom stereocenters. The summed E-state index contributed by atoms with van der Waals surface area (Å²) in [4.78, 5) is 26.3. The summed E-state index contributed by atoms with van der Waals surface area (Å²) in [6.07, 6.45) is 14.6. The van der Waals surface area contributed by atoms with E-state index in [0.29, 0.717) is 12.3 Å². The van der Waals surface area contributed by atoms with E-state index >= 15 is 0 Å². The monoisotopic (exact) mass is 528 g/mol. The SMILES string of the molecule is CC(C)(C)c1ccc(C[C@H](C[C@@H]2CCNC2=O)NC(=O)[C@H](CC=Cc2ccccc2)CC2CCCCC2)cc1. The lowest BCUT2D eigenvalue weighted by Crippen LogP contribution is -2.42. The zero-order valence-electron chi connectivity index (χ0n) is 24.3. The van der Waals surface area contributed by atoms with Crippen molar-refractivity contribution in [2.45, 2.75) is 96.4 Å². The van der Waals surface area contributed by atoms with E-state index in [4.69, 9.17) is 0 Å². The average Bonchev–Trinajstić information content (AvgIpc) is 3.33. The van der Waals surface area contributed by atoms with E-state index in [0.717, 1.165) is 37.8 Å². The molecule has 210 valence electrons. The fourth-order valence-electron chi connectivity index (χ4n) is 6.22. The van der Waals surface area contributed by atoms with E-state index in [9.17, 15) is 9.59 Å². The summed E-state index contributed by atoms with van der Waals surface area (Å²) in [5.74, 6) is 0.827. The topological polar surface area (TPSA) is 58.2 Å². The number of hydrogen-bond acceptors (Lipinski definition) is 2. The number of amides is 2. The molecule has 0 aromatic heterocycles. The molecule has 0 radical (unpaired) electrons. The Kier molecular flexibility index (Phi) is 10.4. The number of carbonyl (C=O) groups excluding carboxylic acids is 2. The fourth-order valence-corrected chi connectivity index (χ4v) is 6.22. The normalized spacial score (nSPS) is 20.1. The summed E-state index contributed by atoms with van der Waals surface area (Å²) < 4.78 is 0. The third-order valence-corrected chi connectivity index (χ3v) is 8.62. The molecular weight excluding hydrogens is 480 g/mol. The van der Waals surface area contributed by atoms with E-state index in [1.54, 1.807) is 0 Å². The highest BCUT2D eigenvalue weighted by molar-refractivity contribution is 5.81. The number of nitrogens with one attached hydrogen (secondary N) is 2. The van der Waals surface area contributed by atoms with E-state index in [1.165, 1.54) is 43.2 Å². The standard InChI is InChI=1S/C35H48N2O2/c1-35(2,3)31-19-17-28(18-20-31)24-32(25-30-21-22-36-33(30)38)37-34(39)29(23-27-13-8-5-9-14-27)16-10-15-26-11-6-4-7-12-26/h4,6-7,10-12,15,17-20,27,29-30,32H,5,8-9,13-14,16,21-25H2,1-3H3,(H,36,38)(H,37,39)/t29-,30+,32-/m1/s1. The first-order chi connectivity index (χ1) is 18.8. The lowest BCUT2D eigenvalue weighted by molar-refractivity contribution is -0.127. The molecule has 2 fully saturated rings. The number of hydrogen-bond donors (Lipinski definition) is 2. The molecule has 0 spiro atoms. The molecule has 39 heavy (non-hydrogen) atoms. The zero-order chi connectivity index (χ0) is 27.7. The molecule has 4 nitrogen and oxygen atoms in total. The van der Waals surface area contributed by atoms with Gasteiger partial charge in [0.25, 0.3) is 0 Å². The number of allylic oxidation sites excluding steroid dienone is 1. The first-order valence-electron chi connectivity index (χ1n) is 15.2. The van der Waals surface area contributed by atoms with Gasteiger partial charge in [-0.25, -0.2) is 0 Å². The summed E-state index contributed by atoms with van der Waals surface area (Å²) in [6, 6.07) is 19.0. The van der Waals surface area contributed by atoms with Crippen molar-refractivity contribution >= 4 is 17.9 Å². The minimum Gasteiger partial charge on any atom is -0.356 e. The average molecular weight is 529 g/mol. The Balaban J connectivity index is 1.47. The Hall–Kier alpha value is -2.88. The van der Waals surface area contributed by atoms with Crippen molar-refractivity contribution in [1.29, 1.82) is 0 Å². The third-order valence-electron chi connectivity index (χ3n) is 8.62. The fraction of sp³-hybridized carbons (Fsp3) is 0.543. The van der Waals surface area contributed by atoms with Crippen LogP contribution < -0.4 is 10.6 Å². The molecule has 2 aliphatic rings. The Morgan fingerprint density at radius 3 is 2.33 bits per heavy atom. The van der Waals surface area contributed by atoms with Crippen molar-refractivity contribution < 1.29 is 9.59 Å². The van der Waals surface area contributed by atoms with Crippen molar-refractivity contribution in [3.63, 3.8) is 0 Å². The van der Waals surface area contributed by atoms with Gasteiger partial charge >= 0.3 is 0 Å². The third kappa shape index (κ3) is 9.08. The molecule has 2 N–H and O–H groups in total. The van der Waals surface area contributed by atoms with Gasteiger partial charge in [0.2, 0.25) is 11.8 Å². The molecular formula is C35H48N2O2. The summed E-state index contributed by atoms with van der Waals surface area (Å²) in [5.41, 5.74) is 3.78. The number of benzene rings is 2. The van der Waals surface area contributed by atoms with Gasteiger partial charge in [0, 0.05) is 24.4 Å². The Bertz CT molecular complexity index is 1080. The van der Waals surface area contributed by atoms with Crippen LogP contribution in [0.4, 0.5) is 0 Å². The van der Waals surface area contributed by atoms with Crippen LogP contribution in [-0.2, 0) is 21.4 Å². The summed E-state index contributed by atoms with van der Waals surface area (Å²) in [7, 11) is 0. The van der Waals surface area contributed by atoms with Gasteiger partial charge in [-0.15, -0.1) is 0 Å². The summed E-state index contributed by atoms with van der Waals surface area (Å²) in [5, 5.41) is 6.42. The van der Waals surface area contributed by atoms with Crippen molar-refractivity contribution in [3.05, 3.63) is 77.4 Å². The second kappa shape index (κ2) is 14.0. The highest BCUT2D eigenvalue weighted by Crippen LogP contribution is 2.31. The predicted molar refractivity (Wildman–Crippen MR) is 161 cm³/mol. The van der Waals surface area contributed by atoms with Crippen LogP contribution in [0.2, 0.25) is 0 Å². The molecule has 2 aromatic carbocycles. The van der Waals surface area contributed by atoms with Crippen LogP contribution in [0.3, 0.4) is 0 Å². The molecule has 4 heteroatoms. The molecule has 2 amide bonds. The van der Waals surface area contributed by atoms with E-state index in [2.05, 4.69) is 80.0 Å². The molecule has 1 saturated carbocycles. The maximum Gasteiger partial charge on any atom is 0.223 e. The first kappa shape index (κ1) is 29.1. The van der Waals surface area contributed by atoms with Crippen LogP contribution in [-0.4, -0.2) is 24.4 Å². The van der Waals surface area contributed by atoms with Crippen LogP contribution in [0.1, 0.15) is 95.2 Å². The molecule has 1 heterocycles. The van der Waals surface area contributed by atoms with E-state index in [-0.39, 0.29) is 35.1 Å². The Morgan fingerprint density at radius 1 is 0.974 bits per heavy atom. The highest BCUT2D eigenvalue weighted by Gasteiger charge is 2.30. The highest BCUT2D eigenvalue weighted by atomic mass is 16.2. The van der Waals surface area contributed by atoms with Crippen LogP contribution in [0.15, 0.2) is 60.7 Å². The minimum absolute atomic E-state index is 0.0288. The van der Waals surface area contributed by atoms with Crippen molar-refractivity contribution in [2.24, 2.45) is 17.8 Å². The molecule has 2 aromatic rings. The van der Waals surface area contributed by atoms with Gasteiger partial charge in [-0.3, -0.25) is 9.59 Å². The first-order valence-corrected chi connectivity index (χ1v) is 15.2. The predicted octanol–water partition coefficient (Wildman–Crippen LogP) is 7.23. The second-order valence-corrected chi connectivity index (χ2v) is 12.9. The maximum atomic E-state index is 13.9. The Morgan fingerprint density at radius 2 is 1.69 bits per heavy atom. The quantitative estimate of drug-likeness (QED) is 0.323. The van der Waals surface area contributed by atoms with Gasteiger partial charge in [-0.05, 0) is 60.1 Å². The summed E-state index contributed by atoms with van der Waals surface area (Å²) in [6.45, 7) is 7.41. The van der Waals surface area contributed by atoms with Crippen LogP contribution in [0.5, 0.6) is 0 Å². The lowest BCUT2D eigenvalue weighted by atomic mass is 9.81. The summed E-state index contributed by atoms with van der Waals surface area (Å²) >= 11 is 0. The van der Waals surface area contributed by atoms with Gasteiger partial charge in [-0.1, -0.05) is 120 Å². The molecule has 1 aliphatic heterocycles. The minimum atomic E-state index is -0.0567. The van der Waals surface area contributed by atoms with Crippen molar-refractivity contribution in [1.82, 2.24) is 10.6 Å². The number of rotatable bonds is 11. The van der Waals surface area contributed by atoms with Gasteiger partial charge in [0.1, 0.15) is 0 Å². The largest absolute Gasteiger partial charge is 0.356 e. The van der Waals surface area contributed by atoms with E-state index in [1.807, 2.05) is 18.2 Å². The van der Waals surface area contributed by atoms with Crippen LogP contribution >= 0.6 is 0 Å². The van der Waals surface area contributed by atoms with Gasteiger partial charge in [0.05, 0.1) is 0 Å². The number of carbonyl (C=O) groups is 2. The lowest BCUT2D eigenvalue weighted by Gasteiger charge is -2.28. The van der Waals surface area contributed by atoms with Gasteiger partial charge in [-0.2, -0.15) is 0 Å².